The fourth-order valence-electron chi connectivity index (χ4n) is 2.81. The zero-order valence-electron chi connectivity index (χ0n) is 12.5. The lowest BCUT2D eigenvalue weighted by atomic mass is 10.1. The summed E-state index contributed by atoms with van der Waals surface area (Å²) < 4.78 is 0. The van der Waals surface area contributed by atoms with E-state index in [1.807, 2.05) is 0 Å². The van der Waals surface area contributed by atoms with Crippen molar-refractivity contribution in [3.63, 3.8) is 0 Å². The van der Waals surface area contributed by atoms with Crippen LogP contribution in [0.5, 0.6) is 0 Å². The lowest BCUT2D eigenvalue weighted by molar-refractivity contribution is 0.181. The number of unbranched alkanes of at least 4 members (excludes halogenated alkanes) is 1. The van der Waals surface area contributed by atoms with Crippen molar-refractivity contribution in [3.8, 4) is 0 Å². The van der Waals surface area contributed by atoms with E-state index in [2.05, 4.69) is 36.0 Å². The Bertz CT molecular complexity index is 238. The molecule has 2 fully saturated rings. The molecular formula is C15H31N3. The number of hydrogen-bond donors (Lipinski definition) is 1. The molecule has 18 heavy (non-hydrogen) atoms. The van der Waals surface area contributed by atoms with Crippen molar-refractivity contribution in [2.45, 2.75) is 51.6 Å². The standard InChI is InChI=1S/C15H31N3/c1-13(2)17(3)9-4-5-10-18-11-8-16-15(12-18)14-6-7-14/h13-16H,4-12H2,1-3H3. The van der Waals surface area contributed by atoms with Gasteiger partial charge in [0, 0.05) is 31.7 Å². The lowest BCUT2D eigenvalue weighted by Crippen LogP contribution is -2.51. The molecule has 1 saturated heterocycles. The van der Waals surface area contributed by atoms with Crippen molar-refractivity contribution < 1.29 is 0 Å². The first-order valence-electron chi connectivity index (χ1n) is 7.83. The van der Waals surface area contributed by atoms with E-state index in [1.54, 1.807) is 0 Å². The second-order valence-corrected chi connectivity index (χ2v) is 6.48. The van der Waals surface area contributed by atoms with Gasteiger partial charge in [-0.15, -0.1) is 0 Å². The molecule has 0 aromatic rings. The third-order valence-electron chi connectivity index (χ3n) is 4.60. The molecular weight excluding hydrogens is 222 g/mol. The van der Waals surface area contributed by atoms with E-state index in [0.717, 1.165) is 12.0 Å². The van der Waals surface area contributed by atoms with Crippen LogP contribution in [-0.4, -0.2) is 61.7 Å². The maximum Gasteiger partial charge on any atom is 0.0223 e. The number of piperazine rings is 1. The Morgan fingerprint density at radius 3 is 2.72 bits per heavy atom. The summed E-state index contributed by atoms with van der Waals surface area (Å²) >= 11 is 0. The average molecular weight is 253 g/mol. The van der Waals surface area contributed by atoms with Gasteiger partial charge in [-0.2, -0.15) is 0 Å². The monoisotopic (exact) mass is 253 g/mol. The van der Waals surface area contributed by atoms with Gasteiger partial charge < -0.3 is 15.1 Å². The maximum atomic E-state index is 3.68. The first-order chi connectivity index (χ1) is 8.66. The highest BCUT2D eigenvalue weighted by molar-refractivity contribution is 4.91. The Hall–Kier alpha value is -0.120. The van der Waals surface area contributed by atoms with Crippen LogP contribution in [-0.2, 0) is 0 Å². The summed E-state index contributed by atoms with van der Waals surface area (Å²) in [6.45, 7) is 10.8. The van der Waals surface area contributed by atoms with Gasteiger partial charge in [-0.3, -0.25) is 0 Å². The molecule has 1 atom stereocenters. The highest BCUT2D eigenvalue weighted by Gasteiger charge is 2.33. The van der Waals surface area contributed by atoms with Crippen molar-refractivity contribution in [1.29, 1.82) is 0 Å². The van der Waals surface area contributed by atoms with E-state index in [-0.39, 0.29) is 0 Å². The maximum absolute atomic E-state index is 3.68. The second kappa shape index (κ2) is 6.88. The molecule has 0 aromatic carbocycles. The molecule has 1 aliphatic carbocycles. The zero-order valence-corrected chi connectivity index (χ0v) is 12.5. The largest absolute Gasteiger partial charge is 0.311 e. The van der Waals surface area contributed by atoms with Crippen molar-refractivity contribution >= 4 is 0 Å². The van der Waals surface area contributed by atoms with Crippen LogP contribution < -0.4 is 5.32 Å². The van der Waals surface area contributed by atoms with Crippen LogP contribution in [0.15, 0.2) is 0 Å². The summed E-state index contributed by atoms with van der Waals surface area (Å²) in [6, 6.07) is 1.49. The van der Waals surface area contributed by atoms with Crippen LogP contribution >= 0.6 is 0 Å². The second-order valence-electron chi connectivity index (χ2n) is 6.48. The smallest absolute Gasteiger partial charge is 0.0223 e. The quantitative estimate of drug-likeness (QED) is 0.698. The van der Waals surface area contributed by atoms with Crippen molar-refractivity contribution in [2.24, 2.45) is 5.92 Å². The number of rotatable bonds is 7. The SMILES string of the molecule is CC(C)N(C)CCCCN1CCNC(C2CC2)C1. The third-order valence-corrected chi connectivity index (χ3v) is 4.60. The Balaban J connectivity index is 1.55. The molecule has 0 aromatic heterocycles. The van der Waals surface area contributed by atoms with Crippen molar-refractivity contribution in [1.82, 2.24) is 15.1 Å². The van der Waals surface area contributed by atoms with Gasteiger partial charge in [0.25, 0.3) is 0 Å². The number of nitrogens with one attached hydrogen (secondary N) is 1. The van der Waals surface area contributed by atoms with Crippen LogP contribution in [0.2, 0.25) is 0 Å². The lowest BCUT2D eigenvalue weighted by Gasteiger charge is -2.34. The Morgan fingerprint density at radius 2 is 2.06 bits per heavy atom. The third kappa shape index (κ3) is 4.52. The summed E-state index contributed by atoms with van der Waals surface area (Å²) in [6.07, 6.45) is 5.62. The molecule has 0 bridgehead atoms. The fourth-order valence-corrected chi connectivity index (χ4v) is 2.81. The van der Waals surface area contributed by atoms with Gasteiger partial charge in [-0.25, -0.2) is 0 Å². The molecule has 0 spiro atoms. The Kier molecular flexibility index (Phi) is 5.46. The van der Waals surface area contributed by atoms with Crippen LogP contribution in [0.25, 0.3) is 0 Å². The van der Waals surface area contributed by atoms with Gasteiger partial charge >= 0.3 is 0 Å². The molecule has 2 rings (SSSR count). The van der Waals surface area contributed by atoms with Crippen LogP contribution in [0.1, 0.15) is 39.5 Å². The topological polar surface area (TPSA) is 18.5 Å². The molecule has 3 heteroatoms. The summed E-state index contributed by atoms with van der Waals surface area (Å²) in [7, 11) is 2.23. The Morgan fingerprint density at radius 1 is 1.28 bits per heavy atom. The first-order valence-corrected chi connectivity index (χ1v) is 7.83. The molecule has 1 aliphatic heterocycles. The highest BCUT2D eigenvalue weighted by atomic mass is 15.2. The fraction of sp³-hybridized carbons (Fsp3) is 1.00. The predicted octanol–water partition coefficient (Wildman–Crippen LogP) is 1.79. The molecule has 1 heterocycles. The molecule has 1 unspecified atom stereocenters. The van der Waals surface area contributed by atoms with Gasteiger partial charge in [0.1, 0.15) is 0 Å². The van der Waals surface area contributed by atoms with Gasteiger partial charge in [-0.05, 0) is 65.6 Å². The number of hydrogen-bond acceptors (Lipinski definition) is 3. The van der Waals surface area contributed by atoms with E-state index in [4.69, 9.17) is 0 Å². The van der Waals surface area contributed by atoms with E-state index in [0.29, 0.717) is 6.04 Å². The van der Waals surface area contributed by atoms with Crippen molar-refractivity contribution in [2.75, 3.05) is 39.8 Å². The minimum atomic E-state index is 0.684. The molecule has 106 valence electrons. The summed E-state index contributed by atoms with van der Waals surface area (Å²) in [5.41, 5.74) is 0. The minimum absolute atomic E-state index is 0.684. The molecule has 0 amide bonds. The molecule has 2 aliphatic rings. The molecule has 3 nitrogen and oxygen atoms in total. The summed E-state index contributed by atoms with van der Waals surface area (Å²) in [5, 5.41) is 3.68. The summed E-state index contributed by atoms with van der Waals surface area (Å²) in [5.74, 6) is 1.000. The molecule has 1 N–H and O–H groups in total. The predicted molar refractivity (Wildman–Crippen MR) is 78.0 cm³/mol. The zero-order chi connectivity index (χ0) is 13.0. The van der Waals surface area contributed by atoms with E-state index in [9.17, 15) is 0 Å². The van der Waals surface area contributed by atoms with E-state index >= 15 is 0 Å². The normalized spacial score (nSPS) is 26.2. The summed E-state index contributed by atoms with van der Waals surface area (Å²) in [4.78, 5) is 5.12. The van der Waals surface area contributed by atoms with E-state index < -0.39 is 0 Å². The number of nitrogens with zero attached hydrogens (tertiary/aromatic N) is 2. The van der Waals surface area contributed by atoms with Crippen LogP contribution in [0.3, 0.4) is 0 Å². The highest BCUT2D eigenvalue weighted by Crippen LogP contribution is 2.33. The van der Waals surface area contributed by atoms with Gasteiger partial charge in [0.15, 0.2) is 0 Å². The van der Waals surface area contributed by atoms with Gasteiger partial charge in [-0.1, -0.05) is 0 Å². The van der Waals surface area contributed by atoms with Gasteiger partial charge in [0.2, 0.25) is 0 Å². The van der Waals surface area contributed by atoms with E-state index in [1.165, 1.54) is 58.4 Å². The first kappa shape index (κ1) is 14.3. The average Bonchev–Trinajstić information content (AvgIpc) is 3.19. The van der Waals surface area contributed by atoms with Gasteiger partial charge in [0.05, 0.1) is 0 Å². The molecule has 1 saturated carbocycles. The molecule has 0 radical (unpaired) electrons. The van der Waals surface area contributed by atoms with Crippen LogP contribution in [0.4, 0.5) is 0 Å². The van der Waals surface area contributed by atoms with Crippen LogP contribution in [0, 0.1) is 5.92 Å². The minimum Gasteiger partial charge on any atom is -0.311 e. The van der Waals surface area contributed by atoms with Crippen molar-refractivity contribution in [3.05, 3.63) is 0 Å². The Labute approximate surface area is 113 Å².